The zero-order valence-corrected chi connectivity index (χ0v) is 7.63. The lowest BCUT2D eigenvalue weighted by atomic mass is 10.1. The van der Waals surface area contributed by atoms with Crippen LogP contribution in [-0.2, 0) is 0 Å². The van der Waals surface area contributed by atoms with Crippen LogP contribution in [0.4, 0.5) is 8.78 Å². The van der Waals surface area contributed by atoms with Crippen LogP contribution >= 0.6 is 0 Å². The highest BCUT2D eigenvalue weighted by molar-refractivity contribution is 5.76. The maximum atomic E-state index is 12.2. The van der Waals surface area contributed by atoms with Crippen LogP contribution in [0, 0.1) is 11.5 Å². The van der Waals surface area contributed by atoms with E-state index in [1.165, 1.54) is 6.19 Å². The van der Waals surface area contributed by atoms with E-state index in [0.29, 0.717) is 13.1 Å². The number of nitrogens with zero attached hydrogens (tertiary/aromatic N) is 2. The van der Waals surface area contributed by atoms with Gasteiger partial charge in [-0.1, -0.05) is 0 Å². The van der Waals surface area contributed by atoms with Gasteiger partial charge in [0.25, 0.3) is 5.92 Å². The average Bonchev–Trinajstić information content (AvgIpc) is 2.04. The van der Waals surface area contributed by atoms with E-state index >= 15 is 0 Å². The molecule has 7 heteroatoms. The second-order valence-corrected chi connectivity index (χ2v) is 2.74. The number of aliphatic imine (C=N–C) groups is 1. The quantitative estimate of drug-likeness (QED) is 0.288. The van der Waals surface area contributed by atoms with E-state index in [2.05, 4.69) is 10.3 Å². The number of alkyl halides is 2. The van der Waals surface area contributed by atoms with E-state index in [4.69, 9.17) is 16.7 Å². The second kappa shape index (κ2) is 6.10. The minimum atomic E-state index is -2.38. The highest BCUT2D eigenvalue weighted by Crippen LogP contribution is 2.23. The summed E-state index contributed by atoms with van der Waals surface area (Å²) in [5, 5.41) is 10.5. The number of halogens is 2. The summed E-state index contributed by atoms with van der Waals surface area (Å²) in [6, 6.07) is 0. The van der Waals surface area contributed by atoms with Gasteiger partial charge >= 0.3 is 0 Å². The summed E-state index contributed by atoms with van der Waals surface area (Å²) in [4.78, 5) is 2.90. The maximum Gasteiger partial charge on any atom is 0.250 e. The highest BCUT2D eigenvalue weighted by Gasteiger charge is 2.30. The Bertz CT molecular complexity index is 221. The molecule has 5 N–H and O–H groups in total. The number of hydrogen-bond acceptors (Lipinski definition) is 3. The van der Waals surface area contributed by atoms with E-state index in [1.807, 2.05) is 0 Å². The van der Waals surface area contributed by atoms with Crippen LogP contribution in [0.3, 0.4) is 0 Å². The highest BCUT2D eigenvalue weighted by atomic mass is 19.3. The predicted octanol–water partition coefficient (Wildman–Crippen LogP) is -0.254. The van der Waals surface area contributed by atoms with Crippen molar-refractivity contribution in [3.63, 3.8) is 0 Å². The summed E-state index contributed by atoms with van der Waals surface area (Å²) in [7, 11) is 0. The Hall–Kier alpha value is -1.42. The van der Waals surface area contributed by atoms with Crippen LogP contribution < -0.4 is 16.8 Å². The first kappa shape index (κ1) is 12.6. The van der Waals surface area contributed by atoms with Gasteiger partial charge in [0.1, 0.15) is 0 Å². The monoisotopic (exact) mass is 205 g/mol. The smallest absolute Gasteiger partial charge is 0.250 e. The lowest BCUT2D eigenvalue weighted by Gasteiger charge is -2.21. The van der Waals surface area contributed by atoms with Gasteiger partial charge in [0.15, 0.2) is 0 Å². The molecule has 1 saturated heterocycles. The van der Waals surface area contributed by atoms with Crippen LogP contribution in [0.1, 0.15) is 12.8 Å². The van der Waals surface area contributed by atoms with Gasteiger partial charge in [-0.05, 0) is 0 Å². The predicted molar refractivity (Wildman–Crippen MR) is 48.5 cm³/mol. The van der Waals surface area contributed by atoms with Crippen molar-refractivity contribution < 1.29 is 8.78 Å². The van der Waals surface area contributed by atoms with Gasteiger partial charge < -0.3 is 16.8 Å². The first-order valence-corrected chi connectivity index (χ1v) is 4.04. The fourth-order valence-corrected chi connectivity index (χ4v) is 0.850. The Labute approximate surface area is 80.8 Å². The molecule has 1 aliphatic heterocycles. The number of hydrogen-bond donors (Lipinski definition) is 3. The van der Waals surface area contributed by atoms with Gasteiger partial charge in [-0.3, -0.25) is 0 Å². The van der Waals surface area contributed by atoms with Gasteiger partial charge in [-0.25, -0.2) is 8.78 Å². The van der Waals surface area contributed by atoms with Crippen molar-refractivity contribution in [3.05, 3.63) is 0 Å². The normalized spacial score (nSPS) is 18.4. The van der Waals surface area contributed by atoms with Crippen LogP contribution in [0.15, 0.2) is 4.99 Å². The Morgan fingerprint density at radius 3 is 2.00 bits per heavy atom. The van der Waals surface area contributed by atoms with E-state index in [1.54, 1.807) is 0 Å². The minimum Gasteiger partial charge on any atom is -0.369 e. The standard InChI is InChI=1S/C5H9F2N.C2H4N4/c6-5(7)1-3-8-4-2-5;3-1-6-2(4)5/h8H,1-4H2;(H4,4,5,6). The minimum absolute atomic E-state index is 0.00694. The third-order valence-corrected chi connectivity index (χ3v) is 1.51. The topological polar surface area (TPSA) is 100 Å². The van der Waals surface area contributed by atoms with E-state index in [0.717, 1.165) is 0 Å². The molecular weight excluding hydrogens is 192 g/mol. The van der Waals surface area contributed by atoms with Crippen LogP contribution in [-0.4, -0.2) is 25.0 Å². The lowest BCUT2D eigenvalue weighted by molar-refractivity contribution is -0.0274. The van der Waals surface area contributed by atoms with Crippen molar-refractivity contribution in [2.24, 2.45) is 16.5 Å². The molecule has 1 rings (SSSR count). The van der Waals surface area contributed by atoms with Gasteiger partial charge in [0.2, 0.25) is 12.2 Å². The summed E-state index contributed by atoms with van der Waals surface area (Å²) < 4.78 is 24.3. The van der Waals surface area contributed by atoms with Crippen LogP contribution in [0.25, 0.3) is 0 Å². The number of nitriles is 1. The van der Waals surface area contributed by atoms with E-state index in [9.17, 15) is 8.78 Å². The van der Waals surface area contributed by atoms with Crippen molar-refractivity contribution in [2.45, 2.75) is 18.8 Å². The number of nitrogens with one attached hydrogen (secondary N) is 1. The summed E-state index contributed by atoms with van der Waals surface area (Å²) >= 11 is 0. The molecule has 1 heterocycles. The van der Waals surface area contributed by atoms with Gasteiger partial charge in [-0.2, -0.15) is 5.26 Å². The largest absolute Gasteiger partial charge is 0.369 e. The summed E-state index contributed by atoms with van der Waals surface area (Å²) in [6.45, 7) is 0.931. The molecule has 5 nitrogen and oxygen atoms in total. The summed E-state index contributed by atoms with van der Waals surface area (Å²) in [5.41, 5.74) is 9.42. The number of nitrogens with two attached hydrogens (primary N) is 2. The third-order valence-electron chi connectivity index (χ3n) is 1.51. The average molecular weight is 205 g/mol. The van der Waals surface area contributed by atoms with Crippen molar-refractivity contribution in [1.82, 2.24) is 5.32 Å². The molecule has 0 saturated carbocycles. The molecule has 0 aliphatic carbocycles. The van der Waals surface area contributed by atoms with Gasteiger partial charge in [0, 0.05) is 25.9 Å². The second-order valence-electron chi connectivity index (χ2n) is 2.74. The number of rotatable bonds is 0. The molecule has 80 valence electrons. The Balaban J connectivity index is 0.000000255. The van der Waals surface area contributed by atoms with Crippen LogP contribution in [0.2, 0.25) is 0 Å². The molecule has 0 radical (unpaired) electrons. The molecule has 1 fully saturated rings. The molecule has 14 heavy (non-hydrogen) atoms. The fourth-order valence-electron chi connectivity index (χ4n) is 0.850. The molecule has 0 atom stereocenters. The summed E-state index contributed by atoms with van der Waals surface area (Å²) in [6.07, 6.45) is 1.42. The Morgan fingerprint density at radius 1 is 1.36 bits per heavy atom. The molecule has 0 unspecified atom stereocenters. The van der Waals surface area contributed by atoms with Crippen molar-refractivity contribution in [2.75, 3.05) is 13.1 Å². The van der Waals surface area contributed by atoms with Crippen molar-refractivity contribution >= 4 is 5.96 Å². The molecule has 0 aromatic rings. The molecule has 0 aromatic carbocycles. The third kappa shape index (κ3) is 7.24. The first-order valence-electron chi connectivity index (χ1n) is 4.04. The molecule has 1 aliphatic rings. The molecule has 0 bridgehead atoms. The molecule has 0 aromatic heterocycles. The Morgan fingerprint density at radius 2 is 1.86 bits per heavy atom. The zero-order chi connectivity index (χ0) is 11.0. The SMILES string of the molecule is FC1(F)CCNCC1.N#CN=C(N)N. The molecular formula is C7H13F2N5. The fraction of sp³-hybridized carbons (Fsp3) is 0.714. The van der Waals surface area contributed by atoms with Gasteiger partial charge in [0.05, 0.1) is 0 Å². The summed E-state index contributed by atoms with van der Waals surface area (Å²) in [5.74, 6) is -2.58. The number of guanidine groups is 1. The molecule has 0 amide bonds. The molecule has 0 spiro atoms. The maximum absolute atomic E-state index is 12.2. The van der Waals surface area contributed by atoms with Crippen molar-refractivity contribution in [1.29, 1.82) is 5.26 Å². The number of piperidine rings is 1. The van der Waals surface area contributed by atoms with E-state index < -0.39 is 5.92 Å². The van der Waals surface area contributed by atoms with E-state index in [-0.39, 0.29) is 18.8 Å². The van der Waals surface area contributed by atoms with Crippen LogP contribution in [0.5, 0.6) is 0 Å². The Kier molecular flexibility index (Phi) is 5.48. The zero-order valence-electron chi connectivity index (χ0n) is 7.63. The van der Waals surface area contributed by atoms with Crippen molar-refractivity contribution in [3.8, 4) is 6.19 Å². The first-order chi connectivity index (χ1) is 6.48. The van der Waals surface area contributed by atoms with Gasteiger partial charge in [-0.15, -0.1) is 4.99 Å². The lowest BCUT2D eigenvalue weighted by Crippen LogP contribution is -2.35.